The molecule has 0 heterocycles. The molecule has 0 saturated carbocycles. The maximum Gasteiger partial charge on any atom is 0.472 e. The molecule has 0 saturated heterocycles. The Morgan fingerprint density at radius 1 is 0.376 bits per heavy atom. The zero-order chi connectivity index (χ0) is 67.6. The first-order chi connectivity index (χ1) is 45.5. The zero-order valence-electron chi connectivity index (χ0n) is 61.2. The summed E-state index contributed by atoms with van der Waals surface area (Å²) in [6, 6.07) is -0.870. The quantitative estimate of drug-likeness (QED) is 0.0243. The number of carbonyl (C=O) groups excluding carboxylic acids is 1. The summed E-state index contributed by atoms with van der Waals surface area (Å²) in [5.74, 6) is -0.198. The zero-order valence-corrected chi connectivity index (χ0v) is 62.1. The Labute approximate surface area is 576 Å². The third kappa shape index (κ3) is 75.6. The maximum absolute atomic E-state index is 13.1. The topological polar surface area (TPSA) is 105 Å². The molecule has 0 rings (SSSR count). The van der Waals surface area contributed by atoms with Crippen molar-refractivity contribution in [3.8, 4) is 0 Å². The fraction of sp³-hybridized carbons (Fsp3) is 0.702. The van der Waals surface area contributed by atoms with Crippen molar-refractivity contribution in [2.24, 2.45) is 0 Å². The van der Waals surface area contributed by atoms with E-state index in [2.05, 4.69) is 153 Å². The number of aliphatic hydroxyl groups is 1. The van der Waals surface area contributed by atoms with Crippen molar-refractivity contribution in [1.82, 2.24) is 5.32 Å². The van der Waals surface area contributed by atoms with Gasteiger partial charge in [0.2, 0.25) is 5.91 Å². The number of rotatable bonds is 70. The van der Waals surface area contributed by atoms with Gasteiger partial charge >= 0.3 is 7.82 Å². The molecular weight excluding hydrogens is 1160 g/mol. The van der Waals surface area contributed by atoms with Crippen LogP contribution in [-0.2, 0) is 18.4 Å². The average Bonchev–Trinajstić information content (AvgIpc) is 1.94. The van der Waals surface area contributed by atoms with Crippen molar-refractivity contribution in [1.29, 1.82) is 0 Å². The molecule has 93 heavy (non-hydrogen) atoms. The van der Waals surface area contributed by atoms with E-state index in [4.69, 9.17) is 9.05 Å². The van der Waals surface area contributed by atoms with E-state index in [0.717, 1.165) is 128 Å². The first-order valence-corrected chi connectivity index (χ1v) is 40.2. The summed E-state index contributed by atoms with van der Waals surface area (Å²) in [4.78, 5) is 23.5. The summed E-state index contributed by atoms with van der Waals surface area (Å²) >= 11 is 0. The number of carbonyl (C=O) groups is 1. The Balaban J connectivity index is 4.14. The number of phosphoric acid groups is 1. The Morgan fingerprint density at radius 3 is 0.946 bits per heavy atom. The number of hydrogen-bond acceptors (Lipinski definition) is 5. The van der Waals surface area contributed by atoms with Crippen molar-refractivity contribution in [3.05, 3.63) is 146 Å². The van der Waals surface area contributed by atoms with Crippen LogP contribution in [0.1, 0.15) is 328 Å². The normalized spacial score (nSPS) is 14.4. The third-order valence-corrected chi connectivity index (χ3v) is 17.8. The predicted octanol–water partition coefficient (Wildman–Crippen LogP) is 25.5. The number of nitrogens with one attached hydrogen (secondary N) is 1. The van der Waals surface area contributed by atoms with Gasteiger partial charge < -0.3 is 19.8 Å². The molecule has 9 heteroatoms. The van der Waals surface area contributed by atoms with Crippen LogP contribution in [0.4, 0.5) is 0 Å². The number of allylic oxidation sites excluding steroid dienone is 23. The Bertz CT molecular complexity index is 2030. The van der Waals surface area contributed by atoms with E-state index in [-0.39, 0.29) is 19.1 Å². The molecule has 0 bridgehead atoms. The lowest BCUT2D eigenvalue weighted by atomic mass is 10.0. The van der Waals surface area contributed by atoms with Crippen LogP contribution in [0.25, 0.3) is 0 Å². The molecule has 3 unspecified atom stereocenters. The van der Waals surface area contributed by atoms with E-state index in [0.29, 0.717) is 17.4 Å². The molecule has 0 aromatic heterocycles. The SMILES string of the molecule is CC/C=C\C/C=C\C/C=C\C/C=C\C/C=C\C/C=C\C/C=C\C/C=C\C/C=C\C/C=C\C/C=C\CCCCCCCC(=O)NC(COP(=O)(O)OCC[N+](C)(C)C)C(O)/C=C/CCCCCCCCCCCCCCCCCCCCCCCCCCCCCCCC. The molecule has 0 aromatic carbocycles. The summed E-state index contributed by atoms with van der Waals surface area (Å²) in [7, 11) is 1.55. The molecule has 0 aromatic rings. The number of hydrogen-bond donors (Lipinski definition) is 3. The standard InChI is InChI=1S/C84H147N2O6P/c1-6-8-10-12-14-16-18-20-22-24-26-28-30-32-34-36-38-40-41-42-43-44-45-46-48-50-52-54-56-58-60-62-64-66-68-70-72-74-76-78-84(88)85-82(81-92-93(89,90)91-80-79-86(3,4)5)83(87)77-75-73-71-69-67-65-63-61-59-57-55-53-51-49-47-39-37-35-33-31-29-27-25-23-21-19-17-15-13-11-9-7-2/h8,10,14,16,20,22,26,28,32,34,38,40,42-43,45-46,50,52,56,58,62,64,75,77,82-83,87H,6-7,9,11-13,15,17-19,21,23-25,27,29-31,33,35-37,39,41,44,47-49,51,53-55,57,59-61,63,65-74,76,78-81H2,1-5H3,(H-,85,88,89,90)/p+1/b10-8-,16-14-,22-20-,28-26-,34-32-,40-38-,43-42-,46-45-,52-50-,58-56-,64-62-,77-75+. The summed E-state index contributed by atoms with van der Waals surface area (Å²) in [5, 5.41) is 14.0. The fourth-order valence-corrected chi connectivity index (χ4v) is 11.6. The Morgan fingerprint density at radius 2 is 0.645 bits per heavy atom. The van der Waals surface area contributed by atoms with Gasteiger partial charge in [0.1, 0.15) is 13.2 Å². The molecule has 534 valence electrons. The van der Waals surface area contributed by atoms with Gasteiger partial charge in [-0.15, -0.1) is 0 Å². The smallest absolute Gasteiger partial charge is 0.387 e. The van der Waals surface area contributed by atoms with Gasteiger partial charge in [0.05, 0.1) is 39.9 Å². The predicted molar refractivity (Wildman–Crippen MR) is 410 cm³/mol. The Hall–Kier alpha value is -3.62. The van der Waals surface area contributed by atoms with Crippen molar-refractivity contribution in [2.45, 2.75) is 341 Å². The number of aliphatic hydroxyl groups excluding tert-OH is 1. The number of unbranched alkanes of at least 4 members (excludes halogenated alkanes) is 35. The van der Waals surface area contributed by atoms with Crippen molar-refractivity contribution in [2.75, 3.05) is 40.9 Å². The minimum atomic E-state index is -4.37. The maximum atomic E-state index is 13.1. The number of nitrogens with zero attached hydrogens (tertiary/aromatic N) is 1. The van der Waals surface area contributed by atoms with Gasteiger partial charge in [-0.1, -0.05) is 365 Å². The minimum absolute atomic E-state index is 0.0505. The van der Waals surface area contributed by atoms with Crippen molar-refractivity contribution < 1.29 is 32.9 Å². The molecule has 0 aliphatic carbocycles. The first kappa shape index (κ1) is 89.4. The number of quaternary nitrogens is 1. The highest BCUT2D eigenvalue weighted by molar-refractivity contribution is 7.47. The van der Waals surface area contributed by atoms with Gasteiger partial charge in [0.25, 0.3) is 0 Å². The van der Waals surface area contributed by atoms with Crippen LogP contribution in [0.3, 0.4) is 0 Å². The molecule has 0 aliphatic rings. The highest BCUT2D eigenvalue weighted by Crippen LogP contribution is 2.43. The third-order valence-electron chi connectivity index (χ3n) is 16.8. The van der Waals surface area contributed by atoms with Gasteiger partial charge in [-0.25, -0.2) is 4.57 Å². The lowest BCUT2D eigenvalue weighted by Gasteiger charge is -2.25. The summed E-state index contributed by atoms with van der Waals surface area (Å²) in [5.41, 5.74) is 0. The van der Waals surface area contributed by atoms with Gasteiger partial charge in [0, 0.05) is 6.42 Å². The lowest BCUT2D eigenvalue weighted by molar-refractivity contribution is -0.870. The highest BCUT2D eigenvalue weighted by atomic mass is 31.2. The minimum Gasteiger partial charge on any atom is -0.387 e. The Kier molecular flexibility index (Phi) is 69.8. The van der Waals surface area contributed by atoms with E-state index in [1.54, 1.807) is 6.08 Å². The second-order valence-electron chi connectivity index (χ2n) is 27.0. The van der Waals surface area contributed by atoms with E-state index in [1.807, 2.05) is 27.2 Å². The molecule has 8 nitrogen and oxygen atoms in total. The van der Waals surface area contributed by atoms with E-state index >= 15 is 0 Å². The molecule has 0 radical (unpaired) electrons. The molecular formula is C84H148N2O6P+. The second kappa shape index (κ2) is 72.6. The summed E-state index contributed by atoms with van der Waals surface area (Å²) in [6.45, 7) is 4.71. The molecule has 3 N–H and O–H groups in total. The van der Waals surface area contributed by atoms with Crippen LogP contribution < -0.4 is 5.32 Å². The number of amides is 1. The highest BCUT2D eigenvalue weighted by Gasteiger charge is 2.28. The van der Waals surface area contributed by atoms with Crippen LogP contribution >= 0.6 is 7.82 Å². The first-order valence-electron chi connectivity index (χ1n) is 38.7. The van der Waals surface area contributed by atoms with Gasteiger partial charge in [-0.2, -0.15) is 0 Å². The number of likely N-dealkylation sites (N-methyl/N-ethyl adjacent to an activating group) is 1. The summed E-state index contributed by atoms with van der Waals surface area (Å²) in [6.07, 6.45) is 112. The van der Waals surface area contributed by atoms with Crippen LogP contribution in [0.5, 0.6) is 0 Å². The molecule has 0 aliphatic heterocycles. The van der Waals surface area contributed by atoms with E-state index in [9.17, 15) is 19.4 Å². The largest absolute Gasteiger partial charge is 0.472 e. The number of phosphoric ester groups is 1. The van der Waals surface area contributed by atoms with Gasteiger partial charge in [0.15, 0.2) is 0 Å². The van der Waals surface area contributed by atoms with E-state index < -0.39 is 20.0 Å². The fourth-order valence-electron chi connectivity index (χ4n) is 10.9. The van der Waals surface area contributed by atoms with E-state index in [1.165, 1.54) is 180 Å². The lowest BCUT2D eigenvalue weighted by Crippen LogP contribution is -2.45. The van der Waals surface area contributed by atoms with Crippen LogP contribution in [0, 0.1) is 0 Å². The molecule has 0 spiro atoms. The van der Waals surface area contributed by atoms with Crippen LogP contribution in [0.15, 0.2) is 146 Å². The molecule has 1 amide bonds. The second-order valence-corrected chi connectivity index (χ2v) is 28.5. The monoisotopic (exact) mass is 1310 g/mol. The van der Waals surface area contributed by atoms with Crippen LogP contribution in [0.2, 0.25) is 0 Å². The summed E-state index contributed by atoms with van der Waals surface area (Å²) < 4.78 is 23.8. The molecule has 3 atom stereocenters. The van der Waals surface area contributed by atoms with Crippen molar-refractivity contribution >= 4 is 13.7 Å². The van der Waals surface area contributed by atoms with Gasteiger partial charge in [-0.3, -0.25) is 13.8 Å². The van der Waals surface area contributed by atoms with Gasteiger partial charge in [-0.05, 0) is 103 Å². The average molecular weight is 1310 g/mol. The van der Waals surface area contributed by atoms with Crippen molar-refractivity contribution in [3.63, 3.8) is 0 Å². The van der Waals surface area contributed by atoms with Crippen LogP contribution in [-0.4, -0.2) is 73.4 Å². The molecule has 0 fully saturated rings.